The van der Waals surface area contributed by atoms with Crippen molar-refractivity contribution in [2.45, 2.75) is 77.9 Å². The van der Waals surface area contributed by atoms with Crippen LogP contribution in [-0.2, 0) is 8.85 Å². The highest BCUT2D eigenvalue weighted by Crippen LogP contribution is 2.45. The quantitative estimate of drug-likeness (QED) is 0.651. The molecule has 0 N–H and O–H groups in total. The van der Waals surface area contributed by atoms with Gasteiger partial charge in [0.1, 0.15) is 0 Å². The van der Waals surface area contributed by atoms with E-state index in [0.717, 1.165) is 6.73 Å². The van der Waals surface area contributed by atoms with Gasteiger partial charge in [0.25, 0.3) is 0 Å². The van der Waals surface area contributed by atoms with Crippen LogP contribution in [-0.4, -0.2) is 39.9 Å². The van der Waals surface area contributed by atoms with Crippen molar-refractivity contribution in [3.63, 3.8) is 0 Å². The zero-order valence-corrected chi connectivity index (χ0v) is 15.7. The van der Waals surface area contributed by atoms with E-state index in [-0.39, 0.29) is 5.04 Å². The Hall–Kier alpha value is 0.0969. The number of nitrogens with zero attached hydrogens (tertiary/aromatic N) is 1. The van der Waals surface area contributed by atoms with Crippen LogP contribution < -0.4 is 0 Å². The van der Waals surface area contributed by atoms with Crippen LogP contribution in [0.2, 0.25) is 11.6 Å². The maximum atomic E-state index is 6.42. The Morgan fingerprint density at radius 2 is 1.95 bits per heavy atom. The summed E-state index contributed by atoms with van der Waals surface area (Å²) in [7, 11) is -0.359. The Morgan fingerprint density at radius 1 is 1.30 bits per heavy atom. The summed E-state index contributed by atoms with van der Waals surface area (Å²) in [5.41, 5.74) is 0. The Balaban J connectivity index is 2.68. The van der Waals surface area contributed by atoms with Gasteiger partial charge in [-0.1, -0.05) is 41.0 Å². The third-order valence-corrected chi connectivity index (χ3v) is 10.1. The Morgan fingerprint density at radius 3 is 2.45 bits per heavy atom. The highest BCUT2D eigenvalue weighted by molar-refractivity contribution is 6.69. The molecule has 3 nitrogen and oxygen atoms in total. The fourth-order valence-corrected chi connectivity index (χ4v) is 5.41. The first-order valence-corrected chi connectivity index (χ1v) is 10.5. The van der Waals surface area contributed by atoms with Gasteiger partial charge >= 0.3 is 8.56 Å². The minimum atomic E-state index is -2.18. The van der Waals surface area contributed by atoms with Gasteiger partial charge in [-0.3, -0.25) is 4.90 Å². The Labute approximate surface area is 127 Å². The molecule has 20 heavy (non-hydrogen) atoms. The molecule has 1 rings (SSSR count). The molecule has 0 bridgehead atoms. The van der Waals surface area contributed by atoms with E-state index in [2.05, 4.69) is 46.1 Å². The van der Waals surface area contributed by atoms with Crippen LogP contribution in [0, 0.1) is 5.92 Å². The second-order valence-corrected chi connectivity index (χ2v) is 11.0. The van der Waals surface area contributed by atoms with Gasteiger partial charge in [-0.15, -0.1) is 0 Å². The fraction of sp³-hybridized carbons (Fsp3) is 1.00. The van der Waals surface area contributed by atoms with Gasteiger partial charge in [-0.2, -0.15) is 0 Å². The molecule has 1 heterocycles. The molecule has 0 aromatic rings. The summed E-state index contributed by atoms with van der Waals surface area (Å²) in [4.78, 5) is 2.52. The molecule has 0 amide bonds. The van der Waals surface area contributed by atoms with E-state index in [0.29, 0.717) is 12.0 Å². The van der Waals surface area contributed by atoms with Crippen LogP contribution >= 0.6 is 0 Å². The topological polar surface area (TPSA) is 21.7 Å². The molecule has 0 aromatic heterocycles. The standard InChI is InChI=1S/C16H35NO2Si/c1-8-15-11-9-10-12-17(15)13-19-20(7,18-6)16(4,5)14(2)3/h14-15H,8-13H2,1-7H3. The molecule has 2 atom stereocenters. The summed E-state index contributed by atoms with van der Waals surface area (Å²) < 4.78 is 12.3. The highest BCUT2D eigenvalue weighted by atomic mass is 28.4. The molecule has 1 aliphatic rings. The fourth-order valence-electron chi connectivity index (χ4n) is 2.93. The zero-order chi connectivity index (χ0) is 15.4. The molecule has 2 unspecified atom stereocenters. The average Bonchev–Trinajstić information content (AvgIpc) is 2.44. The summed E-state index contributed by atoms with van der Waals surface area (Å²) in [6.07, 6.45) is 5.21. The molecule has 1 saturated heterocycles. The summed E-state index contributed by atoms with van der Waals surface area (Å²) in [6.45, 7) is 15.5. The van der Waals surface area contributed by atoms with E-state index in [4.69, 9.17) is 8.85 Å². The predicted molar refractivity (Wildman–Crippen MR) is 88.1 cm³/mol. The molecule has 0 aromatic carbocycles. The van der Waals surface area contributed by atoms with Crippen molar-refractivity contribution >= 4 is 8.56 Å². The first-order valence-electron chi connectivity index (χ1n) is 8.21. The van der Waals surface area contributed by atoms with Gasteiger partial charge in [0, 0.05) is 24.7 Å². The summed E-state index contributed by atoms with van der Waals surface area (Å²) in [5, 5.41) is 0.110. The zero-order valence-electron chi connectivity index (χ0n) is 14.7. The van der Waals surface area contributed by atoms with E-state index in [1.165, 1.54) is 32.2 Å². The van der Waals surface area contributed by atoms with Crippen LogP contribution in [0.3, 0.4) is 0 Å². The normalized spacial score (nSPS) is 24.9. The largest absolute Gasteiger partial charge is 0.397 e. The lowest BCUT2D eigenvalue weighted by atomic mass is 9.99. The van der Waals surface area contributed by atoms with Crippen LogP contribution in [0.15, 0.2) is 0 Å². The van der Waals surface area contributed by atoms with Crippen LogP contribution in [0.25, 0.3) is 0 Å². The minimum absolute atomic E-state index is 0.110. The molecule has 0 radical (unpaired) electrons. The maximum Gasteiger partial charge on any atom is 0.341 e. The second-order valence-electron chi connectivity index (χ2n) is 7.17. The lowest BCUT2D eigenvalue weighted by Crippen LogP contribution is -2.53. The number of likely N-dealkylation sites (tertiary alicyclic amines) is 1. The molecule has 0 saturated carbocycles. The van der Waals surface area contributed by atoms with Crippen LogP contribution in [0.5, 0.6) is 0 Å². The van der Waals surface area contributed by atoms with Gasteiger partial charge in [0.2, 0.25) is 0 Å². The lowest BCUT2D eigenvalue weighted by Gasteiger charge is -2.44. The third-order valence-electron chi connectivity index (χ3n) is 5.73. The van der Waals surface area contributed by atoms with E-state index < -0.39 is 8.56 Å². The van der Waals surface area contributed by atoms with Gasteiger partial charge in [0.05, 0.1) is 6.73 Å². The summed E-state index contributed by atoms with van der Waals surface area (Å²) >= 11 is 0. The first kappa shape index (κ1) is 18.1. The molecule has 1 fully saturated rings. The van der Waals surface area contributed by atoms with Crippen molar-refractivity contribution in [1.29, 1.82) is 0 Å². The van der Waals surface area contributed by atoms with Gasteiger partial charge in [0.15, 0.2) is 0 Å². The predicted octanol–water partition coefficient (Wildman–Crippen LogP) is 4.38. The number of piperidine rings is 1. The second kappa shape index (κ2) is 7.39. The van der Waals surface area contributed by atoms with Crippen LogP contribution in [0.1, 0.15) is 60.3 Å². The van der Waals surface area contributed by atoms with Crippen molar-refractivity contribution < 1.29 is 8.85 Å². The smallest absolute Gasteiger partial charge is 0.341 e. The molecule has 4 heteroatoms. The molecular weight excluding hydrogens is 266 g/mol. The van der Waals surface area contributed by atoms with Crippen molar-refractivity contribution in [2.24, 2.45) is 5.92 Å². The highest BCUT2D eigenvalue weighted by Gasteiger charge is 2.49. The molecular formula is C16H35NO2Si. The monoisotopic (exact) mass is 301 g/mol. The van der Waals surface area contributed by atoms with Crippen molar-refractivity contribution in [3.8, 4) is 0 Å². The molecule has 0 spiro atoms. The Bertz CT molecular complexity index is 296. The molecule has 0 aliphatic carbocycles. The molecule has 120 valence electrons. The van der Waals surface area contributed by atoms with Crippen molar-refractivity contribution in [1.82, 2.24) is 4.90 Å². The Kier molecular flexibility index (Phi) is 6.70. The van der Waals surface area contributed by atoms with Gasteiger partial charge in [-0.05, 0) is 31.7 Å². The van der Waals surface area contributed by atoms with E-state index >= 15 is 0 Å². The SMILES string of the molecule is CCC1CCCCN1CO[Si](C)(OC)C(C)(C)C(C)C. The first-order chi connectivity index (χ1) is 9.28. The van der Waals surface area contributed by atoms with Crippen molar-refractivity contribution in [3.05, 3.63) is 0 Å². The van der Waals surface area contributed by atoms with Crippen LogP contribution in [0.4, 0.5) is 0 Å². The number of hydrogen-bond acceptors (Lipinski definition) is 3. The van der Waals surface area contributed by atoms with E-state index in [1.807, 2.05) is 7.11 Å². The lowest BCUT2D eigenvalue weighted by molar-refractivity contribution is 0.0269. The van der Waals surface area contributed by atoms with Gasteiger partial charge in [-0.25, -0.2) is 0 Å². The summed E-state index contributed by atoms with van der Waals surface area (Å²) in [6, 6.07) is 0.695. The maximum absolute atomic E-state index is 6.42. The summed E-state index contributed by atoms with van der Waals surface area (Å²) in [5.74, 6) is 0.558. The third kappa shape index (κ3) is 3.84. The minimum Gasteiger partial charge on any atom is -0.397 e. The van der Waals surface area contributed by atoms with E-state index in [1.54, 1.807) is 0 Å². The van der Waals surface area contributed by atoms with E-state index in [9.17, 15) is 0 Å². The molecule has 1 aliphatic heterocycles. The van der Waals surface area contributed by atoms with Gasteiger partial charge < -0.3 is 8.85 Å². The average molecular weight is 302 g/mol. The number of hydrogen-bond donors (Lipinski definition) is 0. The van der Waals surface area contributed by atoms with Crippen molar-refractivity contribution in [2.75, 3.05) is 20.4 Å². The number of rotatable bonds is 7.